The standard InChI is InChI=1S/C22H20FN3O3/c1-14-3-2-4-16(11-14)21(27)25-10-9-19-18(13-25)20(22(28)29)24-26(19)12-15-5-7-17(23)8-6-15/h2-8,11H,9-10,12-13H2,1H3,(H,28,29). The number of aryl methyl sites for hydroxylation is 1. The fourth-order valence-electron chi connectivity index (χ4n) is 3.69. The van der Waals surface area contributed by atoms with Crippen molar-refractivity contribution in [3.63, 3.8) is 0 Å². The lowest BCUT2D eigenvalue weighted by atomic mass is 10.0. The highest BCUT2D eigenvalue weighted by molar-refractivity contribution is 5.95. The van der Waals surface area contributed by atoms with E-state index in [1.165, 1.54) is 12.1 Å². The number of fused-ring (bicyclic) bond motifs is 1. The Bertz CT molecular complexity index is 1090. The van der Waals surface area contributed by atoms with Crippen LogP contribution in [0, 0.1) is 12.7 Å². The quantitative estimate of drug-likeness (QED) is 0.738. The fraction of sp³-hybridized carbons (Fsp3) is 0.227. The smallest absolute Gasteiger partial charge is 0.356 e. The van der Waals surface area contributed by atoms with Gasteiger partial charge in [-0.3, -0.25) is 9.48 Å². The summed E-state index contributed by atoms with van der Waals surface area (Å²) in [6, 6.07) is 13.4. The summed E-state index contributed by atoms with van der Waals surface area (Å²) in [6.07, 6.45) is 0.508. The molecule has 0 saturated heterocycles. The number of aromatic nitrogens is 2. The van der Waals surface area contributed by atoms with Crippen LogP contribution in [0.2, 0.25) is 0 Å². The highest BCUT2D eigenvalue weighted by Crippen LogP contribution is 2.25. The van der Waals surface area contributed by atoms with Crippen molar-refractivity contribution >= 4 is 11.9 Å². The van der Waals surface area contributed by atoms with Gasteiger partial charge in [-0.15, -0.1) is 0 Å². The Morgan fingerprint density at radius 3 is 2.62 bits per heavy atom. The number of hydrogen-bond acceptors (Lipinski definition) is 3. The minimum absolute atomic E-state index is 0.0381. The molecule has 6 nitrogen and oxygen atoms in total. The van der Waals surface area contributed by atoms with E-state index in [-0.39, 0.29) is 24.0 Å². The van der Waals surface area contributed by atoms with Crippen LogP contribution in [0.4, 0.5) is 4.39 Å². The van der Waals surface area contributed by atoms with E-state index in [9.17, 15) is 19.1 Å². The fourth-order valence-corrected chi connectivity index (χ4v) is 3.69. The third kappa shape index (κ3) is 3.76. The Morgan fingerprint density at radius 1 is 1.17 bits per heavy atom. The Hall–Kier alpha value is -3.48. The number of carboxylic acid groups (broad SMARTS) is 1. The van der Waals surface area contributed by atoms with Gasteiger partial charge in [-0.05, 0) is 36.8 Å². The maximum Gasteiger partial charge on any atom is 0.356 e. The van der Waals surface area contributed by atoms with E-state index in [0.717, 1.165) is 16.8 Å². The van der Waals surface area contributed by atoms with E-state index in [1.54, 1.807) is 27.8 Å². The molecule has 1 aromatic heterocycles. The number of nitrogens with zero attached hydrogens (tertiary/aromatic N) is 3. The molecule has 1 aliphatic heterocycles. The van der Waals surface area contributed by atoms with Crippen LogP contribution in [0.25, 0.3) is 0 Å². The topological polar surface area (TPSA) is 75.4 Å². The first-order valence-corrected chi connectivity index (χ1v) is 9.34. The molecule has 0 aliphatic carbocycles. The predicted molar refractivity (Wildman–Crippen MR) is 104 cm³/mol. The van der Waals surface area contributed by atoms with E-state index in [2.05, 4.69) is 5.10 Å². The number of carbonyl (C=O) groups is 2. The van der Waals surface area contributed by atoms with Gasteiger partial charge in [0, 0.05) is 29.8 Å². The molecule has 3 aromatic rings. The van der Waals surface area contributed by atoms with Gasteiger partial charge in [0.25, 0.3) is 5.91 Å². The van der Waals surface area contributed by atoms with Crippen LogP contribution in [0.3, 0.4) is 0 Å². The van der Waals surface area contributed by atoms with Crippen LogP contribution in [-0.2, 0) is 19.5 Å². The second-order valence-electron chi connectivity index (χ2n) is 7.21. The van der Waals surface area contributed by atoms with Gasteiger partial charge in [0.15, 0.2) is 5.69 Å². The van der Waals surface area contributed by atoms with Crippen LogP contribution < -0.4 is 0 Å². The number of aromatic carboxylic acids is 1. The van der Waals surface area contributed by atoms with Crippen molar-refractivity contribution in [2.75, 3.05) is 6.54 Å². The van der Waals surface area contributed by atoms with Crippen molar-refractivity contribution in [2.24, 2.45) is 0 Å². The molecule has 0 unspecified atom stereocenters. The van der Waals surface area contributed by atoms with Crippen molar-refractivity contribution in [3.05, 3.63) is 88.0 Å². The van der Waals surface area contributed by atoms with Crippen LogP contribution in [-0.4, -0.2) is 38.2 Å². The molecule has 0 saturated carbocycles. The van der Waals surface area contributed by atoms with Crippen LogP contribution >= 0.6 is 0 Å². The van der Waals surface area contributed by atoms with Gasteiger partial charge in [0.2, 0.25) is 0 Å². The molecule has 148 valence electrons. The maximum atomic E-state index is 13.2. The summed E-state index contributed by atoms with van der Waals surface area (Å²) in [5.41, 5.74) is 3.73. The number of amides is 1. The average Bonchev–Trinajstić information content (AvgIpc) is 3.07. The van der Waals surface area contributed by atoms with Crippen molar-refractivity contribution in [1.82, 2.24) is 14.7 Å². The molecule has 1 N–H and O–H groups in total. The molecule has 2 aromatic carbocycles. The number of halogens is 1. The summed E-state index contributed by atoms with van der Waals surface area (Å²) in [6.45, 7) is 2.95. The zero-order valence-corrected chi connectivity index (χ0v) is 15.9. The third-order valence-corrected chi connectivity index (χ3v) is 5.13. The molecule has 0 bridgehead atoms. The molecule has 4 rings (SSSR count). The molecule has 0 fully saturated rings. The first kappa shape index (κ1) is 18.9. The van der Waals surface area contributed by atoms with Crippen LogP contribution in [0.5, 0.6) is 0 Å². The van der Waals surface area contributed by atoms with Crippen LogP contribution in [0.1, 0.15) is 43.2 Å². The number of carboxylic acids is 1. The van der Waals surface area contributed by atoms with Gasteiger partial charge in [0.05, 0.1) is 13.1 Å². The zero-order chi connectivity index (χ0) is 20.5. The highest BCUT2D eigenvalue weighted by atomic mass is 19.1. The second-order valence-corrected chi connectivity index (χ2v) is 7.21. The van der Waals surface area contributed by atoms with E-state index in [4.69, 9.17) is 0 Å². The molecule has 29 heavy (non-hydrogen) atoms. The number of rotatable bonds is 4. The molecule has 7 heteroatoms. The monoisotopic (exact) mass is 393 g/mol. The predicted octanol–water partition coefficient (Wildman–Crippen LogP) is 3.28. The zero-order valence-electron chi connectivity index (χ0n) is 15.9. The molecular formula is C22H20FN3O3. The molecule has 0 radical (unpaired) electrons. The Labute approximate surface area is 167 Å². The summed E-state index contributed by atoms with van der Waals surface area (Å²) in [4.78, 5) is 26.3. The third-order valence-electron chi connectivity index (χ3n) is 5.13. The number of hydrogen-bond donors (Lipinski definition) is 1. The Kier molecular flexibility index (Phi) is 4.88. The molecule has 1 amide bonds. The largest absolute Gasteiger partial charge is 0.476 e. The molecule has 0 atom stereocenters. The van der Waals surface area contributed by atoms with Gasteiger partial charge in [-0.2, -0.15) is 5.10 Å². The number of benzene rings is 2. The van der Waals surface area contributed by atoms with Crippen molar-refractivity contribution in [1.29, 1.82) is 0 Å². The minimum Gasteiger partial charge on any atom is -0.476 e. The van der Waals surface area contributed by atoms with Crippen molar-refractivity contribution in [2.45, 2.75) is 26.4 Å². The highest BCUT2D eigenvalue weighted by Gasteiger charge is 2.30. The average molecular weight is 393 g/mol. The van der Waals surface area contributed by atoms with E-state index in [1.807, 2.05) is 25.1 Å². The first-order chi connectivity index (χ1) is 13.9. The van der Waals surface area contributed by atoms with Gasteiger partial charge in [-0.1, -0.05) is 29.8 Å². The maximum absolute atomic E-state index is 13.2. The molecule has 0 spiro atoms. The van der Waals surface area contributed by atoms with E-state index in [0.29, 0.717) is 30.6 Å². The molecule has 2 heterocycles. The molecular weight excluding hydrogens is 373 g/mol. The van der Waals surface area contributed by atoms with Crippen molar-refractivity contribution < 1.29 is 19.1 Å². The molecule has 1 aliphatic rings. The van der Waals surface area contributed by atoms with Gasteiger partial charge < -0.3 is 10.0 Å². The Balaban J connectivity index is 1.63. The minimum atomic E-state index is -1.12. The summed E-state index contributed by atoms with van der Waals surface area (Å²) in [5.74, 6) is -1.57. The first-order valence-electron chi connectivity index (χ1n) is 9.34. The van der Waals surface area contributed by atoms with Gasteiger partial charge in [0.1, 0.15) is 5.82 Å². The lowest BCUT2D eigenvalue weighted by Crippen LogP contribution is -2.36. The van der Waals surface area contributed by atoms with E-state index >= 15 is 0 Å². The normalized spacial score (nSPS) is 13.2. The Morgan fingerprint density at radius 2 is 1.93 bits per heavy atom. The SMILES string of the molecule is Cc1cccc(C(=O)N2CCc3c(c(C(=O)O)nn3Cc3ccc(F)cc3)C2)c1. The number of carbonyl (C=O) groups excluding carboxylic acids is 1. The van der Waals surface area contributed by atoms with Crippen molar-refractivity contribution in [3.8, 4) is 0 Å². The van der Waals surface area contributed by atoms with Crippen LogP contribution in [0.15, 0.2) is 48.5 Å². The summed E-state index contributed by atoms with van der Waals surface area (Å²) >= 11 is 0. The van der Waals surface area contributed by atoms with E-state index < -0.39 is 5.97 Å². The summed E-state index contributed by atoms with van der Waals surface area (Å²) in [5, 5.41) is 13.9. The second kappa shape index (κ2) is 7.50. The lowest BCUT2D eigenvalue weighted by molar-refractivity contribution is 0.0674. The summed E-state index contributed by atoms with van der Waals surface area (Å²) in [7, 11) is 0. The van der Waals surface area contributed by atoms with Gasteiger partial charge >= 0.3 is 5.97 Å². The summed E-state index contributed by atoms with van der Waals surface area (Å²) < 4.78 is 14.8. The lowest BCUT2D eigenvalue weighted by Gasteiger charge is -2.28. The van der Waals surface area contributed by atoms with Gasteiger partial charge in [-0.25, -0.2) is 9.18 Å².